The number of hydrogen-bond acceptors (Lipinski definition) is 6. The fourth-order valence-electron chi connectivity index (χ4n) is 3.13. The van der Waals surface area contributed by atoms with Crippen LogP contribution in [0.25, 0.3) is 11.5 Å². The average molecular weight is 399 g/mol. The van der Waals surface area contributed by atoms with Crippen LogP contribution >= 0.6 is 0 Å². The molecule has 1 aromatic carbocycles. The van der Waals surface area contributed by atoms with Gasteiger partial charge < -0.3 is 14.6 Å². The maximum Gasteiger partial charge on any atom is 0.257 e. The molecule has 0 unspecified atom stereocenters. The predicted molar refractivity (Wildman–Crippen MR) is 101 cm³/mol. The van der Waals surface area contributed by atoms with Gasteiger partial charge in [-0.2, -0.15) is 0 Å². The second-order valence-electron chi connectivity index (χ2n) is 7.12. The average Bonchev–Trinajstić information content (AvgIpc) is 3.10. The molecule has 1 aliphatic heterocycles. The first kappa shape index (κ1) is 19.0. The summed E-state index contributed by atoms with van der Waals surface area (Å²) in [6.07, 6.45) is 3.43. The molecule has 1 amide bonds. The zero-order valence-electron chi connectivity index (χ0n) is 15.9. The first-order chi connectivity index (χ1) is 13.9. The van der Waals surface area contributed by atoms with Crippen molar-refractivity contribution in [3.8, 4) is 11.5 Å². The topological polar surface area (TPSA) is 84.2 Å². The van der Waals surface area contributed by atoms with Crippen LogP contribution in [-0.2, 0) is 13.0 Å². The van der Waals surface area contributed by atoms with Crippen LogP contribution in [0.4, 0.5) is 14.7 Å². The van der Waals surface area contributed by atoms with E-state index in [2.05, 4.69) is 20.3 Å². The molecule has 0 fully saturated rings. The van der Waals surface area contributed by atoms with E-state index in [1.807, 2.05) is 13.8 Å². The van der Waals surface area contributed by atoms with Crippen molar-refractivity contribution in [2.45, 2.75) is 32.9 Å². The van der Waals surface area contributed by atoms with Gasteiger partial charge >= 0.3 is 0 Å². The van der Waals surface area contributed by atoms with Crippen molar-refractivity contribution in [2.75, 3.05) is 11.9 Å². The lowest BCUT2D eigenvalue weighted by Gasteiger charge is -2.25. The summed E-state index contributed by atoms with van der Waals surface area (Å²) in [7, 11) is 0. The second-order valence-corrected chi connectivity index (χ2v) is 7.12. The van der Waals surface area contributed by atoms with Gasteiger partial charge in [0.1, 0.15) is 23.1 Å². The highest BCUT2D eigenvalue weighted by Crippen LogP contribution is 2.27. The first-order valence-electron chi connectivity index (χ1n) is 9.22. The Morgan fingerprint density at radius 2 is 1.86 bits per heavy atom. The summed E-state index contributed by atoms with van der Waals surface area (Å²) in [6, 6.07) is 3.29. The Labute approximate surface area is 165 Å². The van der Waals surface area contributed by atoms with E-state index >= 15 is 0 Å². The highest BCUT2D eigenvalue weighted by atomic mass is 19.1. The third kappa shape index (κ3) is 4.08. The lowest BCUT2D eigenvalue weighted by molar-refractivity contribution is 0.0727. The van der Waals surface area contributed by atoms with Gasteiger partial charge in [-0.05, 0) is 26.0 Å². The van der Waals surface area contributed by atoms with E-state index in [9.17, 15) is 13.6 Å². The van der Waals surface area contributed by atoms with Crippen LogP contribution in [0.3, 0.4) is 0 Å². The molecule has 0 atom stereocenters. The number of benzene rings is 1. The van der Waals surface area contributed by atoms with Gasteiger partial charge in [0.15, 0.2) is 0 Å². The standard InChI is InChI=1S/C20H19F2N5O2/c1-11(2)25-20-23-8-13(9-24-20)19(28)27-4-3-17-16(10-27)26-18(29-17)12-5-14(21)7-15(22)6-12/h5-9,11H,3-4,10H2,1-2H3,(H,23,24,25). The number of hydrogen-bond donors (Lipinski definition) is 1. The zero-order chi connectivity index (χ0) is 20.5. The monoisotopic (exact) mass is 399 g/mol. The quantitative estimate of drug-likeness (QED) is 0.724. The Bertz CT molecular complexity index is 1030. The summed E-state index contributed by atoms with van der Waals surface area (Å²) in [6.45, 7) is 4.61. The smallest absolute Gasteiger partial charge is 0.257 e. The van der Waals surface area contributed by atoms with E-state index in [0.717, 1.165) is 18.2 Å². The number of rotatable bonds is 4. The Morgan fingerprint density at radius 3 is 2.52 bits per heavy atom. The molecule has 29 heavy (non-hydrogen) atoms. The summed E-state index contributed by atoms with van der Waals surface area (Å²) < 4.78 is 32.6. The third-order valence-corrected chi connectivity index (χ3v) is 4.44. The van der Waals surface area contributed by atoms with Crippen molar-refractivity contribution in [1.29, 1.82) is 0 Å². The number of fused-ring (bicyclic) bond motifs is 1. The Balaban J connectivity index is 1.51. The van der Waals surface area contributed by atoms with Crippen LogP contribution in [0.1, 0.15) is 35.7 Å². The molecule has 4 rings (SSSR count). The Kier molecular flexibility index (Phi) is 4.96. The van der Waals surface area contributed by atoms with Gasteiger partial charge in [0.2, 0.25) is 11.8 Å². The molecule has 150 valence electrons. The molecule has 1 N–H and O–H groups in total. The highest BCUT2D eigenvalue weighted by molar-refractivity contribution is 5.93. The number of carbonyl (C=O) groups excluding carboxylic acids is 1. The molecule has 0 bridgehead atoms. The molecule has 0 aliphatic carbocycles. The summed E-state index contributed by atoms with van der Waals surface area (Å²) >= 11 is 0. The zero-order valence-corrected chi connectivity index (χ0v) is 15.9. The van der Waals surface area contributed by atoms with Gasteiger partial charge in [0, 0.05) is 43.0 Å². The number of carbonyl (C=O) groups is 1. The molecule has 0 saturated heterocycles. The van der Waals surface area contributed by atoms with Crippen LogP contribution in [-0.4, -0.2) is 38.3 Å². The number of anilines is 1. The van der Waals surface area contributed by atoms with Crippen LogP contribution < -0.4 is 5.32 Å². The van der Waals surface area contributed by atoms with Gasteiger partial charge in [0.05, 0.1) is 12.1 Å². The minimum Gasteiger partial charge on any atom is -0.441 e. The molecule has 0 saturated carbocycles. The Morgan fingerprint density at radius 1 is 1.17 bits per heavy atom. The molecule has 7 nitrogen and oxygen atoms in total. The van der Waals surface area contributed by atoms with Crippen molar-refractivity contribution < 1.29 is 18.0 Å². The van der Waals surface area contributed by atoms with Crippen molar-refractivity contribution in [1.82, 2.24) is 19.9 Å². The number of nitrogens with one attached hydrogen (secondary N) is 1. The van der Waals surface area contributed by atoms with E-state index in [1.54, 1.807) is 4.90 Å². The molecule has 0 radical (unpaired) electrons. The number of nitrogens with zero attached hydrogens (tertiary/aromatic N) is 4. The Hall–Kier alpha value is -3.36. The van der Waals surface area contributed by atoms with E-state index in [1.165, 1.54) is 12.4 Å². The summed E-state index contributed by atoms with van der Waals surface area (Å²) in [5.74, 6) is -0.419. The number of amides is 1. The fourth-order valence-corrected chi connectivity index (χ4v) is 3.13. The van der Waals surface area contributed by atoms with Gasteiger partial charge in [-0.25, -0.2) is 23.7 Å². The summed E-state index contributed by atoms with van der Waals surface area (Å²) in [4.78, 5) is 27.1. The van der Waals surface area contributed by atoms with Crippen LogP contribution in [0, 0.1) is 11.6 Å². The molecule has 3 aromatic rings. The molecular weight excluding hydrogens is 380 g/mol. The van der Waals surface area contributed by atoms with Gasteiger partial charge in [0.25, 0.3) is 5.91 Å². The summed E-state index contributed by atoms with van der Waals surface area (Å²) in [5.41, 5.74) is 1.17. The molecule has 2 aromatic heterocycles. The number of halogens is 2. The van der Waals surface area contributed by atoms with Crippen molar-refractivity contribution in [3.05, 3.63) is 59.2 Å². The number of aromatic nitrogens is 3. The first-order valence-corrected chi connectivity index (χ1v) is 9.22. The van der Waals surface area contributed by atoms with E-state index in [4.69, 9.17) is 4.42 Å². The normalized spacial score (nSPS) is 13.5. The minimum absolute atomic E-state index is 0.134. The lowest BCUT2D eigenvalue weighted by Crippen LogP contribution is -2.36. The van der Waals surface area contributed by atoms with E-state index in [-0.39, 0.29) is 29.9 Å². The van der Waals surface area contributed by atoms with Gasteiger partial charge in [-0.15, -0.1) is 0 Å². The molecule has 9 heteroatoms. The van der Waals surface area contributed by atoms with E-state index in [0.29, 0.717) is 35.9 Å². The van der Waals surface area contributed by atoms with Crippen molar-refractivity contribution >= 4 is 11.9 Å². The maximum absolute atomic E-state index is 13.5. The molecule has 1 aliphatic rings. The third-order valence-electron chi connectivity index (χ3n) is 4.44. The van der Waals surface area contributed by atoms with Crippen molar-refractivity contribution in [2.24, 2.45) is 0 Å². The van der Waals surface area contributed by atoms with Gasteiger partial charge in [-0.3, -0.25) is 4.79 Å². The van der Waals surface area contributed by atoms with Crippen LogP contribution in [0.15, 0.2) is 35.0 Å². The van der Waals surface area contributed by atoms with Crippen LogP contribution in [0.2, 0.25) is 0 Å². The van der Waals surface area contributed by atoms with Crippen molar-refractivity contribution in [3.63, 3.8) is 0 Å². The minimum atomic E-state index is -0.705. The van der Waals surface area contributed by atoms with E-state index < -0.39 is 11.6 Å². The summed E-state index contributed by atoms with van der Waals surface area (Å²) in [5, 5.41) is 3.07. The molecule has 0 spiro atoms. The fraction of sp³-hybridized carbons (Fsp3) is 0.300. The largest absolute Gasteiger partial charge is 0.441 e. The molecular formula is C20H19F2N5O2. The lowest BCUT2D eigenvalue weighted by atomic mass is 10.1. The number of oxazole rings is 1. The predicted octanol–water partition coefficient (Wildman–Crippen LogP) is 3.43. The highest BCUT2D eigenvalue weighted by Gasteiger charge is 2.27. The molecule has 3 heterocycles. The SMILES string of the molecule is CC(C)Nc1ncc(C(=O)N2CCc3oc(-c4cc(F)cc(F)c4)nc3C2)cn1. The van der Waals surface area contributed by atoms with Crippen LogP contribution in [0.5, 0.6) is 0 Å². The van der Waals surface area contributed by atoms with Gasteiger partial charge in [-0.1, -0.05) is 0 Å². The maximum atomic E-state index is 13.5. The second kappa shape index (κ2) is 7.57.